The lowest BCUT2D eigenvalue weighted by Gasteiger charge is -2.03. The van der Waals surface area contributed by atoms with Crippen LogP contribution in [0.5, 0.6) is 0 Å². The molecule has 0 fully saturated rings. The summed E-state index contributed by atoms with van der Waals surface area (Å²) in [6.45, 7) is 2.07. The molecule has 2 aromatic heterocycles. The van der Waals surface area contributed by atoms with E-state index in [0.717, 1.165) is 16.7 Å². The van der Waals surface area contributed by atoms with Gasteiger partial charge in [-0.15, -0.1) is 0 Å². The van der Waals surface area contributed by atoms with Crippen molar-refractivity contribution in [3.8, 4) is 5.69 Å². The van der Waals surface area contributed by atoms with Gasteiger partial charge in [-0.2, -0.15) is 11.3 Å². The van der Waals surface area contributed by atoms with Gasteiger partial charge in [0.15, 0.2) is 0 Å². The van der Waals surface area contributed by atoms with E-state index in [4.69, 9.17) is 5.73 Å². The maximum absolute atomic E-state index is 5.95. The van der Waals surface area contributed by atoms with Crippen molar-refractivity contribution in [3.63, 3.8) is 0 Å². The van der Waals surface area contributed by atoms with Gasteiger partial charge in [0.1, 0.15) is 0 Å². The Labute approximate surface area is 97.2 Å². The van der Waals surface area contributed by atoms with Crippen molar-refractivity contribution in [3.05, 3.63) is 40.6 Å². The summed E-state index contributed by atoms with van der Waals surface area (Å²) in [7, 11) is 0. The molecule has 0 radical (unpaired) electrons. The first-order valence-electron chi connectivity index (χ1n) is 5.03. The monoisotopic (exact) mass is 229 g/mol. The minimum absolute atomic E-state index is 0.541. The molecule has 0 aliphatic heterocycles. The predicted octanol–water partition coefficient (Wildman–Crippen LogP) is 2.98. The number of aryl methyl sites for hydroxylation is 1. The first kappa shape index (κ1) is 9.42. The zero-order chi connectivity index (χ0) is 11.1. The Morgan fingerprint density at radius 1 is 1.31 bits per heavy atom. The van der Waals surface area contributed by atoms with E-state index in [1.165, 1.54) is 5.56 Å². The quantitative estimate of drug-likeness (QED) is 0.697. The van der Waals surface area contributed by atoms with Crippen LogP contribution in [0.1, 0.15) is 5.56 Å². The fourth-order valence-corrected chi connectivity index (χ4v) is 2.48. The third kappa shape index (κ3) is 1.31. The lowest BCUT2D eigenvalue weighted by Crippen LogP contribution is -1.98. The highest BCUT2D eigenvalue weighted by Gasteiger charge is 2.09. The summed E-state index contributed by atoms with van der Waals surface area (Å²) in [5.41, 5.74) is 10.2. The van der Waals surface area contributed by atoms with Crippen LogP contribution in [0.2, 0.25) is 0 Å². The molecule has 0 spiro atoms. The third-order valence-corrected chi connectivity index (χ3v) is 3.27. The SMILES string of the molecule is Cc1ccc2nc(N)n(-c3ccsc3)c2c1. The van der Waals surface area contributed by atoms with Crippen molar-refractivity contribution in [2.75, 3.05) is 5.73 Å². The average Bonchev–Trinajstić information content (AvgIpc) is 2.83. The van der Waals surface area contributed by atoms with Crippen LogP contribution in [0.3, 0.4) is 0 Å². The Balaban J connectivity index is 2.38. The number of anilines is 1. The highest BCUT2D eigenvalue weighted by molar-refractivity contribution is 7.08. The Hall–Kier alpha value is -1.81. The van der Waals surface area contributed by atoms with Crippen LogP contribution in [-0.2, 0) is 0 Å². The number of rotatable bonds is 1. The predicted molar refractivity (Wildman–Crippen MR) is 68.1 cm³/mol. The molecule has 80 valence electrons. The summed E-state index contributed by atoms with van der Waals surface area (Å²) >= 11 is 1.66. The fraction of sp³-hybridized carbons (Fsp3) is 0.0833. The van der Waals surface area contributed by atoms with Gasteiger partial charge in [-0.3, -0.25) is 4.57 Å². The summed E-state index contributed by atoms with van der Waals surface area (Å²) in [6, 6.07) is 8.21. The molecule has 3 aromatic rings. The molecule has 0 saturated heterocycles. The van der Waals surface area contributed by atoms with Crippen LogP contribution in [0.15, 0.2) is 35.0 Å². The maximum Gasteiger partial charge on any atom is 0.205 e. The lowest BCUT2D eigenvalue weighted by molar-refractivity contribution is 1.12. The van der Waals surface area contributed by atoms with Crippen LogP contribution in [0.25, 0.3) is 16.7 Å². The summed E-state index contributed by atoms with van der Waals surface area (Å²) in [6.07, 6.45) is 0. The Morgan fingerprint density at radius 2 is 2.19 bits per heavy atom. The van der Waals surface area contributed by atoms with E-state index in [9.17, 15) is 0 Å². The number of thiophene rings is 1. The second-order valence-corrected chi connectivity index (χ2v) is 4.56. The number of nitrogen functional groups attached to an aromatic ring is 1. The molecule has 1 aromatic carbocycles. The number of nitrogens with two attached hydrogens (primary N) is 1. The average molecular weight is 229 g/mol. The van der Waals surface area contributed by atoms with E-state index in [-0.39, 0.29) is 0 Å². The summed E-state index contributed by atoms with van der Waals surface area (Å²) in [4.78, 5) is 4.36. The van der Waals surface area contributed by atoms with E-state index < -0.39 is 0 Å². The highest BCUT2D eigenvalue weighted by Crippen LogP contribution is 2.24. The third-order valence-electron chi connectivity index (χ3n) is 2.60. The van der Waals surface area contributed by atoms with Crippen molar-refractivity contribution in [2.45, 2.75) is 6.92 Å². The standard InChI is InChI=1S/C12H11N3S/c1-8-2-3-10-11(6-8)15(12(13)14-10)9-4-5-16-7-9/h2-7H,1H3,(H2,13,14). The molecular formula is C12H11N3S. The Kier molecular flexibility index (Phi) is 1.97. The van der Waals surface area contributed by atoms with Gasteiger partial charge in [-0.25, -0.2) is 4.98 Å². The second-order valence-electron chi connectivity index (χ2n) is 3.78. The van der Waals surface area contributed by atoms with Gasteiger partial charge < -0.3 is 5.73 Å². The maximum atomic E-state index is 5.95. The first-order valence-corrected chi connectivity index (χ1v) is 5.97. The smallest absolute Gasteiger partial charge is 0.205 e. The lowest BCUT2D eigenvalue weighted by atomic mass is 10.2. The molecule has 2 heterocycles. The largest absolute Gasteiger partial charge is 0.369 e. The molecule has 3 nitrogen and oxygen atoms in total. The first-order chi connectivity index (χ1) is 7.75. The topological polar surface area (TPSA) is 43.8 Å². The van der Waals surface area contributed by atoms with Gasteiger partial charge in [0, 0.05) is 5.38 Å². The van der Waals surface area contributed by atoms with Crippen LogP contribution in [0, 0.1) is 6.92 Å². The van der Waals surface area contributed by atoms with E-state index in [0.29, 0.717) is 5.95 Å². The van der Waals surface area contributed by atoms with Crippen molar-refractivity contribution >= 4 is 28.3 Å². The fourth-order valence-electron chi connectivity index (χ4n) is 1.86. The van der Waals surface area contributed by atoms with Gasteiger partial charge in [0.05, 0.1) is 16.7 Å². The second kappa shape index (κ2) is 3.35. The van der Waals surface area contributed by atoms with Gasteiger partial charge in [0.25, 0.3) is 0 Å². The zero-order valence-corrected chi connectivity index (χ0v) is 9.66. The van der Waals surface area contributed by atoms with Gasteiger partial charge in [0.2, 0.25) is 5.95 Å². The summed E-state index contributed by atoms with van der Waals surface area (Å²) < 4.78 is 1.98. The van der Waals surface area contributed by atoms with Gasteiger partial charge in [-0.1, -0.05) is 6.07 Å². The number of benzene rings is 1. The van der Waals surface area contributed by atoms with E-state index in [1.807, 2.05) is 28.1 Å². The van der Waals surface area contributed by atoms with Crippen LogP contribution >= 0.6 is 11.3 Å². The molecule has 0 aliphatic carbocycles. The molecule has 0 bridgehead atoms. The number of fused-ring (bicyclic) bond motifs is 1. The van der Waals surface area contributed by atoms with Gasteiger partial charge in [-0.05, 0) is 36.1 Å². The van der Waals surface area contributed by atoms with E-state index in [2.05, 4.69) is 23.4 Å². The molecule has 0 aliphatic rings. The molecule has 0 unspecified atom stereocenters. The number of hydrogen-bond donors (Lipinski definition) is 1. The molecule has 0 saturated carbocycles. The summed E-state index contributed by atoms with van der Waals surface area (Å²) in [5, 5.41) is 4.11. The van der Waals surface area contributed by atoms with Crippen molar-refractivity contribution in [1.82, 2.24) is 9.55 Å². The molecule has 0 atom stereocenters. The Morgan fingerprint density at radius 3 is 2.94 bits per heavy atom. The number of imidazole rings is 1. The van der Waals surface area contributed by atoms with Crippen LogP contribution < -0.4 is 5.73 Å². The molecule has 4 heteroatoms. The van der Waals surface area contributed by atoms with Crippen LogP contribution in [0.4, 0.5) is 5.95 Å². The van der Waals surface area contributed by atoms with E-state index in [1.54, 1.807) is 11.3 Å². The van der Waals surface area contributed by atoms with Crippen molar-refractivity contribution < 1.29 is 0 Å². The van der Waals surface area contributed by atoms with Crippen LogP contribution in [-0.4, -0.2) is 9.55 Å². The molecule has 0 amide bonds. The molecule has 16 heavy (non-hydrogen) atoms. The molecule has 2 N–H and O–H groups in total. The zero-order valence-electron chi connectivity index (χ0n) is 8.84. The summed E-state index contributed by atoms with van der Waals surface area (Å²) in [5.74, 6) is 0.541. The number of hydrogen-bond acceptors (Lipinski definition) is 3. The number of aromatic nitrogens is 2. The van der Waals surface area contributed by atoms with Crippen molar-refractivity contribution in [2.24, 2.45) is 0 Å². The normalized spacial score (nSPS) is 11.1. The highest BCUT2D eigenvalue weighted by atomic mass is 32.1. The number of nitrogens with zero attached hydrogens (tertiary/aromatic N) is 2. The Bertz CT molecular complexity index is 638. The van der Waals surface area contributed by atoms with E-state index >= 15 is 0 Å². The molecule has 3 rings (SSSR count). The molecular weight excluding hydrogens is 218 g/mol. The van der Waals surface area contributed by atoms with Crippen molar-refractivity contribution in [1.29, 1.82) is 0 Å². The minimum atomic E-state index is 0.541. The minimum Gasteiger partial charge on any atom is -0.369 e. The van der Waals surface area contributed by atoms with Gasteiger partial charge >= 0.3 is 0 Å².